The molecular weight excluding hydrogens is 206 g/mol. The normalized spacial score (nSPS) is 15.9. The number of rotatable bonds is 6. The van der Waals surface area contributed by atoms with E-state index in [4.69, 9.17) is 10.9 Å². The molecule has 5 heteroatoms. The van der Waals surface area contributed by atoms with Gasteiger partial charge in [0.1, 0.15) is 0 Å². The lowest BCUT2D eigenvalue weighted by atomic mass is 10.0. The van der Waals surface area contributed by atoms with E-state index >= 15 is 0 Å². The Morgan fingerprint density at radius 3 is 2.38 bits per heavy atom. The van der Waals surface area contributed by atoms with E-state index in [-0.39, 0.29) is 17.8 Å². The maximum Gasteiger partial charge on any atom is 0.231 e. The van der Waals surface area contributed by atoms with Crippen LogP contribution in [0.15, 0.2) is 5.16 Å². The molecule has 5 nitrogen and oxygen atoms in total. The number of oxime groups is 1. The van der Waals surface area contributed by atoms with E-state index in [0.717, 1.165) is 6.42 Å². The number of amides is 1. The molecule has 0 fully saturated rings. The van der Waals surface area contributed by atoms with Gasteiger partial charge in [0.15, 0.2) is 5.84 Å². The molecule has 94 valence electrons. The van der Waals surface area contributed by atoms with Gasteiger partial charge in [0.25, 0.3) is 0 Å². The molecule has 0 aliphatic rings. The molecule has 0 aromatic heterocycles. The van der Waals surface area contributed by atoms with Crippen molar-refractivity contribution in [3.63, 3.8) is 0 Å². The molecule has 0 rings (SSSR count). The Balaban J connectivity index is 4.32. The molecule has 0 heterocycles. The lowest BCUT2D eigenvalue weighted by Crippen LogP contribution is -2.42. The van der Waals surface area contributed by atoms with Crippen LogP contribution in [0.4, 0.5) is 0 Å². The molecule has 2 unspecified atom stereocenters. The van der Waals surface area contributed by atoms with Gasteiger partial charge in [-0.1, -0.05) is 25.9 Å². The van der Waals surface area contributed by atoms with E-state index in [1.165, 1.54) is 0 Å². The standard InChI is InChI=1S/C11H23N3O2/c1-5-9(10(12)14-16)11(15)13-8(4)6-7(2)3/h7-9,16H,5-6H2,1-4H3,(H2,12,14)(H,13,15). The second kappa shape index (κ2) is 7.09. The maximum absolute atomic E-state index is 11.8. The SMILES string of the molecule is CCC(C(=O)NC(C)CC(C)C)C(N)=NO. The third kappa shape index (κ3) is 5.00. The summed E-state index contributed by atoms with van der Waals surface area (Å²) < 4.78 is 0. The molecule has 2 atom stereocenters. The van der Waals surface area contributed by atoms with Crippen molar-refractivity contribution < 1.29 is 10.0 Å². The number of nitrogens with two attached hydrogens (primary N) is 1. The molecule has 0 aromatic rings. The molecule has 0 saturated heterocycles. The lowest BCUT2D eigenvalue weighted by molar-refractivity contribution is -0.123. The topological polar surface area (TPSA) is 87.7 Å². The molecule has 0 spiro atoms. The smallest absolute Gasteiger partial charge is 0.231 e. The highest BCUT2D eigenvalue weighted by atomic mass is 16.4. The third-order valence-corrected chi connectivity index (χ3v) is 2.41. The van der Waals surface area contributed by atoms with Crippen LogP contribution < -0.4 is 11.1 Å². The van der Waals surface area contributed by atoms with Gasteiger partial charge in [-0.15, -0.1) is 0 Å². The number of hydrogen-bond donors (Lipinski definition) is 3. The fraction of sp³-hybridized carbons (Fsp3) is 0.818. The molecule has 16 heavy (non-hydrogen) atoms. The predicted octanol–water partition coefficient (Wildman–Crippen LogP) is 1.31. The molecular formula is C11H23N3O2. The summed E-state index contributed by atoms with van der Waals surface area (Å²) in [6, 6.07) is 0.105. The first-order valence-corrected chi connectivity index (χ1v) is 5.70. The molecule has 0 aromatic carbocycles. The average molecular weight is 229 g/mol. The number of nitrogens with zero attached hydrogens (tertiary/aromatic N) is 1. The van der Waals surface area contributed by atoms with E-state index in [0.29, 0.717) is 12.3 Å². The summed E-state index contributed by atoms with van der Waals surface area (Å²) in [5, 5.41) is 14.3. The van der Waals surface area contributed by atoms with Gasteiger partial charge in [0.2, 0.25) is 5.91 Å². The molecule has 4 N–H and O–H groups in total. The first kappa shape index (κ1) is 14.7. The van der Waals surface area contributed by atoms with Crippen LogP contribution in [0.25, 0.3) is 0 Å². The highest BCUT2D eigenvalue weighted by molar-refractivity contribution is 6.02. The van der Waals surface area contributed by atoms with Crippen molar-refractivity contribution in [1.82, 2.24) is 5.32 Å². The third-order valence-electron chi connectivity index (χ3n) is 2.41. The minimum absolute atomic E-state index is 0.0308. The van der Waals surface area contributed by atoms with Gasteiger partial charge in [-0.3, -0.25) is 4.79 Å². The zero-order chi connectivity index (χ0) is 12.7. The van der Waals surface area contributed by atoms with Crippen molar-refractivity contribution in [3.05, 3.63) is 0 Å². The number of nitrogens with one attached hydrogen (secondary N) is 1. The first-order valence-electron chi connectivity index (χ1n) is 5.70. The van der Waals surface area contributed by atoms with Gasteiger partial charge in [-0.05, 0) is 25.7 Å². The Labute approximate surface area is 97.1 Å². The average Bonchev–Trinajstić information content (AvgIpc) is 2.16. The summed E-state index contributed by atoms with van der Waals surface area (Å²) in [7, 11) is 0. The molecule has 0 saturated carbocycles. The van der Waals surface area contributed by atoms with Crippen LogP contribution in [0.1, 0.15) is 40.5 Å². The molecule has 0 radical (unpaired) electrons. The molecule has 0 aliphatic heterocycles. The minimum atomic E-state index is -0.542. The van der Waals surface area contributed by atoms with Crippen molar-refractivity contribution in [3.8, 4) is 0 Å². The van der Waals surface area contributed by atoms with Gasteiger partial charge in [0, 0.05) is 6.04 Å². The largest absolute Gasteiger partial charge is 0.409 e. The van der Waals surface area contributed by atoms with E-state index in [9.17, 15) is 4.79 Å². The second-order valence-electron chi connectivity index (χ2n) is 4.52. The van der Waals surface area contributed by atoms with Crippen LogP contribution in [-0.2, 0) is 4.79 Å². The van der Waals surface area contributed by atoms with Gasteiger partial charge in [0.05, 0.1) is 5.92 Å². The Bertz CT molecular complexity index is 252. The molecule has 0 bridgehead atoms. The van der Waals surface area contributed by atoms with Gasteiger partial charge >= 0.3 is 0 Å². The van der Waals surface area contributed by atoms with Crippen molar-refractivity contribution in [2.75, 3.05) is 0 Å². The highest BCUT2D eigenvalue weighted by Gasteiger charge is 2.22. The summed E-state index contributed by atoms with van der Waals surface area (Å²) in [5.74, 6) is -0.221. The summed E-state index contributed by atoms with van der Waals surface area (Å²) in [6.45, 7) is 7.99. The summed E-state index contributed by atoms with van der Waals surface area (Å²) in [6.07, 6.45) is 1.44. The Morgan fingerprint density at radius 1 is 1.44 bits per heavy atom. The number of amidine groups is 1. The van der Waals surface area contributed by atoms with E-state index in [1.54, 1.807) is 0 Å². The van der Waals surface area contributed by atoms with Crippen LogP contribution in [0, 0.1) is 11.8 Å². The van der Waals surface area contributed by atoms with Crippen LogP contribution in [0.3, 0.4) is 0 Å². The zero-order valence-corrected chi connectivity index (χ0v) is 10.5. The van der Waals surface area contributed by atoms with Gasteiger partial charge in [-0.25, -0.2) is 0 Å². The van der Waals surface area contributed by atoms with Crippen molar-refractivity contribution in [2.24, 2.45) is 22.7 Å². The van der Waals surface area contributed by atoms with Crippen molar-refractivity contribution in [2.45, 2.75) is 46.6 Å². The Hall–Kier alpha value is -1.26. The highest BCUT2D eigenvalue weighted by Crippen LogP contribution is 2.07. The van der Waals surface area contributed by atoms with E-state index in [1.807, 2.05) is 13.8 Å². The Kier molecular flexibility index (Phi) is 6.53. The van der Waals surface area contributed by atoms with Crippen molar-refractivity contribution in [1.29, 1.82) is 0 Å². The Morgan fingerprint density at radius 2 is 2.00 bits per heavy atom. The molecule has 0 aliphatic carbocycles. The predicted molar refractivity (Wildman–Crippen MR) is 64.2 cm³/mol. The fourth-order valence-electron chi connectivity index (χ4n) is 1.71. The number of carbonyl (C=O) groups is 1. The summed E-state index contributed by atoms with van der Waals surface area (Å²) >= 11 is 0. The molecule has 1 amide bonds. The van der Waals surface area contributed by atoms with Crippen LogP contribution in [-0.4, -0.2) is 23.0 Å². The quantitative estimate of drug-likeness (QED) is 0.278. The second-order valence-corrected chi connectivity index (χ2v) is 4.52. The van der Waals surface area contributed by atoms with E-state index in [2.05, 4.69) is 24.3 Å². The van der Waals surface area contributed by atoms with E-state index < -0.39 is 5.92 Å². The van der Waals surface area contributed by atoms with Crippen LogP contribution in [0.2, 0.25) is 0 Å². The van der Waals surface area contributed by atoms with Crippen LogP contribution >= 0.6 is 0 Å². The number of hydrogen-bond acceptors (Lipinski definition) is 3. The number of carbonyl (C=O) groups excluding carboxylic acids is 1. The van der Waals surface area contributed by atoms with Crippen molar-refractivity contribution >= 4 is 11.7 Å². The first-order chi connectivity index (χ1) is 7.42. The van der Waals surface area contributed by atoms with Gasteiger partial charge < -0.3 is 16.3 Å². The minimum Gasteiger partial charge on any atom is -0.409 e. The van der Waals surface area contributed by atoms with Crippen LogP contribution in [0.5, 0.6) is 0 Å². The zero-order valence-electron chi connectivity index (χ0n) is 10.5. The summed E-state index contributed by atoms with van der Waals surface area (Å²) in [5.41, 5.74) is 5.44. The van der Waals surface area contributed by atoms with Gasteiger partial charge in [-0.2, -0.15) is 0 Å². The lowest BCUT2D eigenvalue weighted by Gasteiger charge is -2.19. The monoisotopic (exact) mass is 229 g/mol. The summed E-state index contributed by atoms with van der Waals surface area (Å²) in [4.78, 5) is 11.8. The fourth-order valence-corrected chi connectivity index (χ4v) is 1.71. The maximum atomic E-state index is 11.8.